The van der Waals surface area contributed by atoms with E-state index in [1.54, 1.807) is 19.5 Å². The summed E-state index contributed by atoms with van der Waals surface area (Å²) in [7, 11) is 1.72. The van der Waals surface area contributed by atoms with E-state index in [0.717, 1.165) is 36.3 Å². The van der Waals surface area contributed by atoms with E-state index in [1.807, 2.05) is 42.5 Å². The Bertz CT molecular complexity index is 933. The molecule has 1 amide bonds. The smallest absolute Gasteiger partial charge is 0.274 e. The average molecular weight is 348 g/mol. The molecule has 2 aromatic heterocycles. The fourth-order valence-corrected chi connectivity index (χ4v) is 3.25. The van der Waals surface area contributed by atoms with Crippen LogP contribution in [0.15, 0.2) is 54.9 Å². The van der Waals surface area contributed by atoms with Gasteiger partial charge in [0, 0.05) is 49.6 Å². The van der Waals surface area contributed by atoms with Crippen LogP contribution in [0.4, 0.5) is 11.4 Å². The molecule has 0 spiro atoms. The third-order valence-corrected chi connectivity index (χ3v) is 4.58. The summed E-state index contributed by atoms with van der Waals surface area (Å²) in [5, 5.41) is 3.91. The van der Waals surface area contributed by atoms with Gasteiger partial charge >= 0.3 is 0 Å². The number of aromatic nitrogens is 2. The van der Waals surface area contributed by atoms with Crippen LogP contribution in [0.2, 0.25) is 0 Å². The average Bonchev–Trinajstić information content (AvgIpc) is 2.65. The van der Waals surface area contributed by atoms with Crippen LogP contribution in [0.25, 0.3) is 10.9 Å². The molecule has 1 aliphatic heterocycles. The van der Waals surface area contributed by atoms with Crippen LogP contribution in [0.3, 0.4) is 0 Å². The van der Waals surface area contributed by atoms with Crippen molar-refractivity contribution in [2.45, 2.75) is 0 Å². The minimum Gasteiger partial charge on any atom is -0.384 e. The van der Waals surface area contributed by atoms with Crippen molar-refractivity contribution < 1.29 is 9.53 Å². The van der Waals surface area contributed by atoms with Crippen molar-refractivity contribution in [1.82, 2.24) is 9.97 Å². The number of hydrogen-bond acceptors (Lipinski definition) is 5. The predicted molar refractivity (Wildman–Crippen MR) is 102 cm³/mol. The number of carbonyl (C=O) groups excluding carboxylic acids is 1. The zero-order chi connectivity index (χ0) is 17.9. The molecule has 26 heavy (non-hydrogen) atoms. The molecule has 1 aromatic carbocycles. The Labute approximate surface area is 151 Å². The van der Waals surface area contributed by atoms with E-state index in [4.69, 9.17) is 4.74 Å². The van der Waals surface area contributed by atoms with Crippen molar-refractivity contribution >= 4 is 28.2 Å². The number of carbonyl (C=O) groups is 1. The van der Waals surface area contributed by atoms with Crippen LogP contribution < -0.4 is 10.2 Å². The summed E-state index contributed by atoms with van der Waals surface area (Å²) in [6.07, 6.45) is 3.40. The molecule has 3 heterocycles. The number of rotatable bonds is 5. The monoisotopic (exact) mass is 348 g/mol. The highest BCUT2D eigenvalue weighted by molar-refractivity contribution is 6.07. The largest absolute Gasteiger partial charge is 0.384 e. The molecular formula is C20H20N4O2. The van der Waals surface area contributed by atoms with Gasteiger partial charge in [-0.3, -0.25) is 14.8 Å². The molecule has 0 aliphatic carbocycles. The van der Waals surface area contributed by atoms with Gasteiger partial charge in [0.15, 0.2) is 0 Å². The van der Waals surface area contributed by atoms with Crippen molar-refractivity contribution in [3.8, 4) is 0 Å². The maximum absolute atomic E-state index is 12.7. The number of nitrogens with one attached hydrogen (secondary N) is 1. The van der Waals surface area contributed by atoms with E-state index >= 15 is 0 Å². The molecule has 132 valence electrons. The number of benzene rings is 1. The lowest BCUT2D eigenvalue weighted by atomic mass is 10.0. The van der Waals surface area contributed by atoms with Crippen LogP contribution in [0.5, 0.6) is 0 Å². The first kappa shape index (κ1) is 16.5. The van der Waals surface area contributed by atoms with Crippen molar-refractivity contribution in [3.63, 3.8) is 0 Å². The van der Waals surface area contributed by atoms with E-state index < -0.39 is 0 Å². The van der Waals surface area contributed by atoms with Crippen molar-refractivity contribution in [2.75, 3.05) is 37.0 Å². The molecule has 1 aliphatic rings. The van der Waals surface area contributed by atoms with Gasteiger partial charge in [-0.1, -0.05) is 18.2 Å². The summed E-state index contributed by atoms with van der Waals surface area (Å²) < 4.78 is 5.18. The summed E-state index contributed by atoms with van der Waals surface area (Å²) in [6.45, 7) is 2.64. The zero-order valence-electron chi connectivity index (χ0n) is 14.6. The first-order chi connectivity index (χ1) is 12.7. The minimum absolute atomic E-state index is 0.237. The minimum atomic E-state index is -0.237. The Morgan fingerprint density at radius 2 is 2.04 bits per heavy atom. The van der Waals surface area contributed by atoms with Gasteiger partial charge in [-0.25, -0.2) is 0 Å². The number of amides is 1. The molecule has 0 unspecified atom stereocenters. The van der Waals surface area contributed by atoms with Crippen LogP contribution in [-0.4, -0.2) is 42.7 Å². The number of hydrogen-bond donors (Lipinski definition) is 1. The SMILES string of the molecule is COCC1CN(c2ccnc(C(=O)Nc3cccc4cccnc34)c2)C1. The van der Waals surface area contributed by atoms with Gasteiger partial charge in [0.1, 0.15) is 5.69 Å². The van der Waals surface area contributed by atoms with Gasteiger partial charge in [-0.15, -0.1) is 0 Å². The molecular weight excluding hydrogens is 328 g/mol. The number of nitrogens with zero attached hydrogens (tertiary/aromatic N) is 3. The van der Waals surface area contributed by atoms with Gasteiger partial charge in [0.25, 0.3) is 5.91 Å². The number of para-hydroxylation sites is 1. The molecule has 0 atom stereocenters. The van der Waals surface area contributed by atoms with E-state index in [1.165, 1.54) is 0 Å². The van der Waals surface area contributed by atoms with Crippen LogP contribution in [-0.2, 0) is 4.74 Å². The van der Waals surface area contributed by atoms with Crippen molar-refractivity contribution in [1.29, 1.82) is 0 Å². The zero-order valence-corrected chi connectivity index (χ0v) is 14.6. The van der Waals surface area contributed by atoms with Crippen molar-refractivity contribution in [3.05, 3.63) is 60.6 Å². The Morgan fingerprint density at radius 1 is 1.19 bits per heavy atom. The highest BCUT2D eigenvalue weighted by Gasteiger charge is 2.27. The fraction of sp³-hybridized carbons (Fsp3) is 0.250. The lowest BCUT2D eigenvalue weighted by Crippen LogP contribution is -2.48. The number of pyridine rings is 2. The topological polar surface area (TPSA) is 67.3 Å². The van der Waals surface area contributed by atoms with Gasteiger partial charge in [0.05, 0.1) is 17.8 Å². The lowest BCUT2D eigenvalue weighted by molar-refractivity contribution is 0.102. The Balaban J connectivity index is 1.51. The Hall–Kier alpha value is -2.99. The first-order valence-corrected chi connectivity index (χ1v) is 8.59. The van der Waals surface area contributed by atoms with Gasteiger partial charge in [-0.2, -0.15) is 0 Å². The first-order valence-electron chi connectivity index (χ1n) is 8.59. The Kier molecular flexibility index (Phi) is 4.50. The van der Waals surface area contributed by atoms with E-state index in [2.05, 4.69) is 20.2 Å². The molecule has 1 N–H and O–H groups in total. The summed E-state index contributed by atoms with van der Waals surface area (Å²) in [5.74, 6) is 0.311. The van der Waals surface area contributed by atoms with Crippen LogP contribution in [0, 0.1) is 5.92 Å². The second kappa shape index (κ2) is 7.09. The number of ether oxygens (including phenoxy) is 1. The normalized spacial score (nSPS) is 14.3. The van der Waals surface area contributed by atoms with Crippen LogP contribution >= 0.6 is 0 Å². The van der Waals surface area contributed by atoms with Gasteiger partial charge < -0.3 is 15.0 Å². The van der Waals surface area contributed by atoms with E-state index in [9.17, 15) is 4.79 Å². The molecule has 4 rings (SSSR count). The van der Waals surface area contributed by atoms with E-state index in [0.29, 0.717) is 17.3 Å². The second-order valence-corrected chi connectivity index (χ2v) is 6.46. The van der Waals surface area contributed by atoms with Crippen LogP contribution in [0.1, 0.15) is 10.5 Å². The number of methoxy groups -OCH3 is 1. The Morgan fingerprint density at radius 3 is 2.88 bits per heavy atom. The molecule has 6 heteroatoms. The maximum atomic E-state index is 12.7. The maximum Gasteiger partial charge on any atom is 0.274 e. The van der Waals surface area contributed by atoms with Gasteiger partial charge in [0.2, 0.25) is 0 Å². The molecule has 0 saturated carbocycles. The summed E-state index contributed by atoms with van der Waals surface area (Å²) in [4.78, 5) is 23.5. The highest BCUT2D eigenvalue weighted by Crippen LogP contribution is 2.26. The molecule has 3 aromatic rings. The van der Waals surface area contributed by atoms with E-state index in [-0.39, 0.29) is 5.91 Å². The standard InChI is InChI=1S/C20H20N4O2/c1-26-13-14-11-24(12-14)16-7-9-21-18(10-16)20(25)23-17-6-2-4-15-5-3-8-22-19(15)17/h2-10,14H,11-13H2,1H3,(H,23,25). The highest BCUT2D eigenvalue weighted by atomic mass is 16.5. The third-order valence-electron chi connectivity index (χ3n) is 4.58. The predicted octanol–water partition coefficient (Wildman–Crippen LogP) is 2.96. The fourth-order valence-electron chi connectivity index (χ4n) is 3.25. The quantitative estimate of drug-likeness (QED) is 0.768. The summed E-state index contributed by atoms with van der Waals surface area (Å²) in [5.41, 5.74) is 2.85. The molecule has 1 fully saturated rings. The van der Waals surface area contributed by atoms with Gasteiger partial charge in [-0.05, 0) is 24.3 Å². The molecule has 0 radical (unpaired) electrons. The summed E-state index contributed by atoms with van der Waals surface area (Å²) >= 11 is 0. The molecule has 0 bridgehead atoms. The third kappa shape index (κ3) is 3.23. The lowest BCUT2D eigenvalue weighted by Gasteiger charge is -2.40. The summed E-state index contributed by atoms with van der Waals surface area (Å²) in [6, 6.07) is 13.3. The molecule has 6 nitrogen and oxygen atoms in total. The van der Waals surface area contributed by atoms with Crippen molar-refractivity contribution in [2.24, 2.45) is 5.92 Å². The number of anilines is 2. The number of fused-ring (bicyclic) bond motifs is 1. The second-order valence-electron chi connectivity index (χ2n) is 6.46. The molecule has 1 saturated heterocycles.